The molecule has 0 unspecified atom stereocenters. The van der Waals surface area contributed by atoms with Crippen LogP contribution in [0.1, 0.15) is 6.42 Å². The van der Waals surface area contributed by atoms with Gasteiger partial charge in [0.15, 0.2) is 5.83 Å². The SMILES string of the molecule is FC1=C(C(F)(F)F)CC1(F)F. The first-order valence-electron chi connectivity index (χ1n) is 2.59. The van der Waals surface area contributed by atoms with Crippen molar-refractivity contribution in [3.05, 3.63) is 11.4 Å². The van der Waals surface area contributed by atoms with Crippen molar-refractivity contribution in [2.45, 2.75) is 18.5 Å². The number of halogens is 6. The molecule has 0 radical (unpaired) electrons. The van der Waals surface area contributed by atoms with E-state index in [0.29, 0.717) is 0 Å². The average molecular weight is 176 g/mol. The van der Waals surface area contributed by atoms with Crippen LogP contribution in [0.15, 0.2) is 11.4 Å². The Labute approximate surface area is 57.5 Å². The summed E-state index contributed by atoms with van der Waals surface area (Å²) in [6, 6.07) is 0. The highest BCUT2D eigenvalue weighted by molar-refractivity contribution is 5.32. The average Bonchev–Trinajstić information content (AvgIpc) is 1.80. The zero-order chi connectivity index (χ0) is 8.86. The Bertz CT molecular complexity index is 210. The van der Waals surface area contributed by atoms with Gasteiger partial charge in [-0.15, -0.1) is 0 Å². The van der Waals surface area contributed by atoms with E-state index in [-0.39, 0.29) is 0 Å². The number of hydrogen-bond acceptors (Lipinski definition) is 0. The molecule has 0 spiro atoms. The van der Waals surface area contributed by atoms with Crippen molar-refractivity contribution in [2.75, 3.05) is 0 Å². The number of alkyl halides is 5. The van der Waals surface area contributed by atoms with Crippen molar-refractivity contribution in [1.29, 1.82) is 0 Å². The highest BCUT2D eigenvalue weighted by Crippen LogP contribution is 2.50. The zero-order valence-electron chi connectivity index (χ0n) is 4.97. The molecule has 0 bridgehead atoms. The lowest BCUT2D eigenvalue weighted by atomic mass is 9.92. The molecular weight excluding hydrogens is 174 g/mol. The molecule has 0 aromatic rings. The van der Waals surface area contributed by atoms with Crippen LogP contribution in [0.25, 0.3) is 0 Å². The van der Waals surface area contributed by atoms with Gasteiger partial charge >= 0.3 is 12.1 Å². The van der Waals surface area contributed by atoms with Crippen molar-refractivity contribution in [3.63, 3.8) is 0 Å². The van der Waals surface area contributed by atoms with Crippen molar-refractivity contribution < 1.29 is 26.3 Å². The molecule has 0 atom stereocenters. The normalized spacial score (nSPS) is 23.5. The predicted octanol–water partition coefficient (Wildman–Crippen LogP) is 2.81. The molecule has 1 rings (SSSR count). The Hall–Kier alpha value is -0.680. The minimum Gasteiger partial charge on any atom is -0.205 e. The minimum atomic E-state index is -4.95. The second-order valence-corrected chi connectivity index (χ2v) is 2.17. The molecule has 0 aromatic heterocycles. The summed E-state index contributed by atoms with van der Waals surface area (Å²) in [7, 11) is 0. The Morgan fingerprint density at radius 1 is 1.18 bits per heavy atom. The smallest absolute Gasteiger partial charge is 0.205 e. The second-order valence-electron chi connectivity index (χ2n) is 2.17. The second kappa shape index (κ2) is 1.92. The van der Waals surface area contributed by atoms with Gasteiger partial charge in [-0.2, -0.15) is 22.0 Å². The fourth-order valence-electron chi connectivity index (χ4n) is 0.716. The minimum absolute atomic E-state index is 1.54. The van der Waals surface area contributed by atoms with Crippen LogP contribution < -0.4 is 0 Å². The van der Waals surface area contributed by atoms with Gasteiger partial charge in [0.25, 0.3) is 0 Å². The Kier molecular flexibility index (Phi) is 1.47. The molecule has 1 aliphatic carbocycles. The molecule has 0 heterocycles. The van der Waals surface area contributed by atoms with Gasteiger partial charge < -0.3 is 0 Å². The summed E-state index contributed by atoms with van der Waals surface area (Å²) < 4.78 is 69.8. The van der Waals surface area contributed by atoms with Gasteiger partial charge in [0, 0.05) is 0 Å². The van der Waals surface area contributed by atoms with Crippen LogP contribution in [0, 0.1) is 0 Å². The first-order valence-corrected chi connectivity index (χ1v) is 2.59. The van der Waals surface area contributed by atoms with Crippen LogP contribution in [0.2, 0.25) is 0 Å². The molecule has 1 aliphatic rings. The topological polar surface area (TPSA) is 0 Å². The highest BCUT2D eigenvalue weighted by Gasteiger charge is 2.57. The van der Waals surface area contributed by atoms with Gasteiger partial charge in [-0.3, -0.25) is 0 Å². The van der Waals surface area contributed by atoms with Crippen molar-refractivity contribution >= 4 is 0 Å². The molecule has 0 amide bonds. The van der Waals surface area contributed by atoms with Gasteiger partial charge in [0.05, 0.1) is 12.0 Å². The lowest BCUT2D eigenvalue weighted by Gasteiger charge is -2.28. The zero-order valence-corrected chi connectivity index (χ0v) is 4.97. The van der Waals surface area contributed by atoms with E-state index in [1.807, 2.05) is 0 Å². The van der Waals surface area contributed by atoms with Gasteiger partial charge in [0.1, 0.15) is 0 Å². The third-order valence-corrected chi connectivity index (χ3v) is 1.33. The van der Waals surface area contributed by atoms with Crippen molar-refractivity contribution in [2.24, 2.45) is 0 Å². The van der Waals surface area contributed by atoms with Crippen molar-refractivity contribution in [1.82, 2.24) is 0 Å². The van der Waals surface area contributed by atoms with Gasteiger partial charge in [0.2, 0.25) is 0 Å². The number of rotatable bonds is 0. The monoisotopic (exact) mass is 176 g/mol. The first kappa shape index (κ1) is 8.42. The van der Waals surface area contributed by atoms with Crippen LogP contribution in [-0.4, -0.2) is 12.1 Å². The summed E-state index contributed by atoms with van der Waals surface area (Å²) in [4.78, 5) is 0. The molecule has 0 saturated carbocycles. The summed E-state index contributed by atoms with van der Waals surface area (Å²) in [5.41, 5.74) is -1.75. The highest BCUT2D eigenvalue weighted by atomic mass is 19.4. The molecule has 11 heavy (non-hydrogen) atoms. The molecule has 0 saturated heterocycles. The summed E-state index contributed by atoms with van der Waals surface area (Å²) in [6.07, 6.45) is -6.49. The summed E-state index contributed by atoms with van der Waals surface area (Å²) in [5.74, 6) is -6.24. The van der Waals surface area contributed by atoms with Crippen LogP contribution in [0.3, 0.4) is 0 Å². The molecule has 64 valence electrons. The van der Waals surface area contributed by atoms with Gasteiger partial charge in [-0.25, -0.2) is 4.39 Å². The van der Waals surface area contributed by atoms with Gasteiger partial charge in [-0.1, -0.05) is 0 Å². The Morgan fingerprint density at radius 3 is 1.73 bits per heavy atom. The Balaban J connectivity index is 2.90. The van der Waals surface area contributed by atoms with E-state index in [2.05, 4.69) is 0 Å². The van der Waals surface area contributed by atoms with E-state index in [0.717, 1.165) is 0 Å². The maximum atomic E-state index is 11.9. The van der Waals surface area contributed by atoms with Crippen LogP contribution in [0.4, 0.5) is 26.3 Å². The van der Waals surface area contributed by atoms with E-state index in [1.54, 1.807) is 0 Å². The quantitative estimate of drug-likeness (QED) is 0.498. The largest absolute Gasteiger partial charge is 0.415 e. The maximum Gasteiger partial charge on any atom is 0.415 e. The maximum absolute atomic E-state index is 11.9. The lowest BCUT2D eigenvalue weighted by molar-refractivity contribution is -0.127. The predicted molar refractivity (Wildman–Crippen MR) is 23.8 cm³/mol. The summed E-state index contributed by atoms with van der Waals surface area (Å²) in [6.45, 7) is 0. The molecule has 0 fully saturated rings. The van der Waals surface area contributed by atoms with Crippen LogP contribution in [0.5, 0.6) is 0 Å². The first-order chi connectivity index (χ1) is 4.75. The van der Waals surface area contributed by atoms with E-state index in [4.69, 9.17) is 0 Å². The fraction of sp³-hybridized carbons (Fsp3) is 0.600. The van der Waals surface area contributed by atoms with Crippen molar-refractivity contribution in [3.8, 4) is 0 Å². The van der Waals surface area contributed by atoms with Crippen LogP contribution >= 0.6 is 0 Å². The van der Waals surface area contributed by atoms with E-state index in [9.17, 15) is 26.3 Å². The standard InChI is InChI=1S/C5H2F6/c6-3-2(5(9,10)11)1-4(3,7)8/h1H2. The molecular formula is C5H2F6. The number of allylic oxidation sites excluding steroid dienone is 2. The summed E-state index contributed by atoms with van der Waals surface area (Å²) in [5, 5.41) is 0. The number of hydrogen-bond donors (Lipinski definition) is 0. The Morgan fingerprint density at radius 2 is 1.64 bits per heavy atom. The van der Waals surface area contributed by atoms with Gasteiger partial charge in [-0.05, 0) is 0 Å². The third-order valence-electron chi connectivity index (χ3n) is 1.33. The third kappa shape index (κ3) is 1.21. The van der Waals surface area contributed by atoms with E-state index in [1.165, 1.54) is 0 Å². The molecule has 6 heteroatoms. The fourth-order valence-corrected chi connectivity index (χ4v) is 0.716. The van der Waals surface area contributed by atoms with E-state index < -0.39 is 29.9 Å². The molecule has 0 N–H and O–H groups in total. The van der Waals surface area contributed by atoms with E-state index >= 15 is 0 Å². The molecule has 0 nitrogen and oxygen atoms in total. The molecule has 0 aromatic carbocycles. The molecule has 0 aliphatic heterocycles. The van der Waals surface area contributed by atoms with Crippen LogP contribution in [-0.2, 0) is 0 Å². The summed E-state index contributed by atoms with van der Waals surface area (Å²) >= 11 is 0. The lowest BCUT2D eigenvalue weighted by Crippen LogP contribution is -2.35.